The number of hydrogen-bond donors (Lipinski definition) is 1. The Balaban J connectivity index is 1.82. The molecule has 2 nitrogen and oxygen atoms in total. The molecular weight excluding hydrogens is 306 g/mol. The van der Waals surface area contributed by atoms with Gasteiger partial charge in [0.25, 0.3) is 0 Å². The van der Waals surface area contributed by atoms with Crippen LogP contribution in [0.25, 0.3) is 11.1 Å². The third kappa shape index (κ3) is 3.79. The van der Waals surface area contributed by atoms with E-state index in [0.717, 1.165) is 27.4 Å². The van der Waals surface area contributed by atoms with Gasteiger partial charge in [0.05, 0.1) is 5.69 Å². The Hall–Kier alpha value is -2.58. The van der Waals surface area contributed by atoms with E-state index in [-0.39, 0.29) is 5.75 Å². The standard InChI is InChI=1S/C20H16ClNO/c1-14-2-11-20(21)19(12-14)16-5-3-15(4-6-16)13-22-17-7-9-18(23)10-8-17/h2-13,23H,1H3. The number of aromatic hydroxyl groups is 1. The van der Waals surface area contributed by atoms with Crippen LogP contribution in [-0.2, 0) is 0 Å². The van der Waals surface area contributed by atoms with Crippen molar-refractivity contribution in [1.29, 1.82) is 0 Å². The molecule has 0 fully saturated rings. The van der Waals surface area contributed by atoms with E-state index in [1.54, 1.807) is 30.5 Å². The Morgan fingerprint density at radius 1 is 0.913 bits per heavy atom. The highest BCUT2D eigenvalue weighted by Crippen LogP contribution is 2.28. The van der Waals surface area contributed by atoms with Crippen LogP contribution in [0.15, 0.2) is 71.7 Å². The summed E-state index contributed by atoms with van der Waals surface area (Å²) in [7, 11) is 0. The lowest BCUT2D eigenvalue weighted by Crippen LogP contribution is -1.84. The van der Waals surface area contributed by atoms with Gasteiger partial charge in [0.2, 0.25) is 0 Å². The molecule has 0 radical (unpaired) electrons. The maximum Gasteiger partial charge on any atom is 0.115 e. The molecule has 3 aromatic carbocycles. The van der Waals surface area contributed by atoms with Gasteiger partial charge in [0.15, 0.2) is 0 Å². The Morgan fingerprint density at radius 2 is 1.61 bits per heavy atom. The molecule has 0 aromatic heterocycles. The molecule has 0 bridgehead atoms. The van der Waals surface area contributed by atoms with Crippen molar-refractivity contribution in [2.45, 2.75) is 6.92 Å². The lowest BCUT2D eigenvalue weighted by molar-refractivity contribution is 0.475. The maximum atomic E-state index is 9.26. The average Bonchev–Trinajstić information content (AvgIpc) is 2.57. The van der Waals surface area contributed by atoms with Crippen LogP contribution < -0.4 is 0 Å². The van der Waals surface area contributed by atoms with E-state index < -0.39 is 0 Å². The van der Waals surface area contributed by atoms with Crippen LogP contribution in [0.5, 0.6) is 5.75 Å². The highest BCUT2D eigenvalue weighted by Gasteiger charge is 2.03. The summed E-state index contributed by atoms with van der Waals surface area (Å²) in [4.78, 5) is 4.39. The molecule has 23 heavy (non-hydrogen) atoms. The minimum atomic E-state index is 0.239. The Kier molecular flexibility index (Phi) is 4.45. The first-order chi connectivity index (χ1) is 11.1. The Morgan fingerprint density at radius 3 is 2.30 bits per heavy atom. The number of hydrogen-bond acceptors (Lipinski definition) is 2. The van der Waals surface area contributed by atoms with Crippen LogP contribution in [0.3, 0.4) is 0 Å². The summed E-state index contributed by atoms with van der Waals surface area (Å²) in [6.45, 7) is 2.05. The van der Waals surface area contributed by atoms with E-state index in [1.165, 1.54) is 5.56 Å². The quantitative estimate of drug-likeness (QED) is 0.610. The minimum absolute atomic E-state index is 0.239. The molecule has 114 valence electrons. The highest BCUT2D eigenvalue weighted by molar-refractivity contribution is 6.33. The van der Waals surface area contributed by atoms with Gasteiger partial charge in [0, 0.05) is 16.8 Å². The lowest BCUT2D eigenvalue weighted by atomic mass is 10.0. The number of phenols is 1. The summed E-state index contributed by atoms with van der Waals surface area (Å²) >= 11 is 6.28. The predicted octanol–water partition coefficient (Wildman–Crippen LogP) is 5.77. The molecule has 3 heteroatoms. The van der Waals surface area contributed by atoms with Crippen LogP contribution in [0.2, 0.25) is 5.02 Å². The molecule has 3 rings (SSSR count). The van der Waals surface area contributed by atoms with Gasteiger partial charge in [-0.15, -0.1) is 0 Å². The van der Waals surface area contributed by atoms with E-state index in [0.29, 0.717) is 0 Å². The first-order valence-electron chi connectivity index (χ1n) is 7.31. The van der Waals surface area contributed by atoms with E-state index in [2.05, 4.69) is 18.0 Å². The fourth-order valence-electron chi connectivity index (χ4n) is 2.30. The fourth-order valence-corrected chi connectivity index (χ4v) is 2.52. The van der Waals surface area contributed by atoms with Crippen molar-refractivity contribution in [3.05, 3.63) is 82.9 Å². The van der Waals surface area contributed by atoms with Gasteiger partial charge in [-0.1, -0.05) is 47.5 Å². The lowest BCUT2D eigenvalue weighted by Gasteiger charge is -2.06. The SMILES string of the molecule is Cc1ccc(Cl)c(-c2ccc(C=Nc3ccc(O)cc3)cc2)c1. The summed E-state index contributed by atoms with van der Waals surface area (Å²) in [6, 6.07) is 20.9. The fraction of sp³-hybridized carbons (Fsp3) is 0.0500. The number of aryl methyl sites for hydroxylation is 1. The Bertz CT molecular complexity index is 837. The number of phenolic OH excluding ortho intramolecular Hbond substituents is 1. The predicted molar refractivity (Wildman–Crippen MR) is 97.0 cm³/mol. The van der Waals surface area contributed by atoms with Gasteiger partial charge in [0.1, 0.15) is 5.75 Å². The van der Waals surface area contributed by atoms with Crippen molar-refractivity contribution < 1.29 is 5.11 Å². The molecule has 0 amide bonds. The van der Waals surface area contributed by atoms with E-state index in [4.69, 9.17) is 11.6 Å². The molecule has 0 heterocycles. The van der Waals surface area contributed by atoms with Crippen molar-refractivity contribution in [3.63, 3.8) is 0 Å². The molecule has 0 saturated carbocycles. The smallest absolute Gasteiger partial charge is 0.115 e. The summed E-state index contributed by atoms with van der Waals surface area (Å²) < 4.78 is 0. The minimum Gasteiger partial charge on any atom is -0.508 e. The van der Waals surface area contributed by atoms with Crippen LogP contribution >= 0.6 is 11.6 Å². The summed E-state index contributed by atoms with van der Waals surface area (Å²) in [5.74, 6) is 0.239. The third-order valence-electron chi connectivity index (χ3n) is 3.56. The van der Waals surface area contributed by atoms with Gasteiger partial charge in [-0.3, -0.25) is 4.99 Å². The molecule has 1 N–H and O–H groups in total. The summed E-state index contributed by atoms with van der Waals surface area (Å²) in [6.07, 6.45) is 1.80. The molecule has 0 saturated heterocycles. The monoisotopic (exact) mass is 321 g/mol. The van der Waals surface area contributed by atoms with Crippen molar-refractivity contribution in [2.24, 2.45) is 4.99 Å². The maximum absolute atomic E-state index is 9.26. The molecular formula is C20H16ClNO. The van der Waals surface area contributed by atoms with Crippen LogP contribution in [-0.4, -0.2) is 11.3 Å². The number of halogens is 1. The molecule has 3 aromatic rings. The van der Waals surface area contributed by atoms with Gasteiger partial charge in [-0.25, -0.2) is 0 Å². The normalized spacial score (nSPS) is 11.0. The first kappa shape index (κ1) is 15.3. The highest BCUT2D eigenvalue weighted by atomic mass is 35.5. The first-order valence-corrected chi connectivity index (χ1v) is 7.69. The second-order valence-corrected chi connectivity index (χ2v) is 5.79. The molecule has 0 aliphatic heterocycles. The zero-order valence-corrected chi connectivity index (χ0v) is 13.5. The molecule has 0 atom stereocenters. The number of nitrogens with zero attached hydrogens (tertiary/aromatic N) is 1. The largest absolute Gasteiger partial charge is 0.508 e. The van der Waals surface area contributed by atoms with Crippen molar-refractivity contribution in [1.82, 2.24) is 0 Å². The molecule has 0 spiro atoms. The number of benzene rings is 3. The van der Waals surface area contributed by atoms with Crippen LogP contribution in [0.1, 0.15) is 11.1 Å². The van der Waals surface area contributed by atoms with Crippen molar-refractivity contribution in [3.8, 4) is 16.9 Å². The van der Waals surface area contributed by atoms with E-state index >= 15 is 0 Å². The van der Waals surface area contributed by atoms with E-state index in [1.807, 2.05) is 36.4 Å². The van der Waals surface area contributed by atoms with Gasteiger partial charge in [-0.05, 0) is 54.4 Å². The second-order valence-electron chi connectivity index (χ2n) is 5.38. The van der Waals surface area contributed by atoms with Gasteiger partial charge < -0.3 is 5.11 Å². The zero-order chi connectivity index (χ0) is 16.2. The number of rotatable bonds is 3. The van der Waals surface area contributed by atoms with Crippen LogP contribution in [0, 0.1) is 6.92 Å². The third-order valence-corrected chi connectivity index (χ3v) is 3.89. The van der Waals surface area contributed by atoms with Gasteiger partial charge >= 0.3 is 0 Å². The van der Waals surface area contributed by atoms with Crippen molar-refractivity contribution >= 4 is 23.5 Å². The zero-order valence-electron chi connectivity index (χ0n) is 12.7. The summed E-state index contributed by atoms with van der Waals surface area (Å²) in [5, 5.41) is 10.0. The van der Waals surface area contributed by atoms with Crippen LogP contribution in [0.4, 0.5) is 5.69 Å². The number of aliphatic imine (C=N–C) groups is 1. The van der Waals surface area contributed by atoms with Crippen molar-refractivity contribution in [2.75, 3.05) is 0 Å². The molecule has 0 aliphatic carbocycles. The molecule has 0 aliphatic rings. The van der Waals surface area contributed by atoms with Gasteiger partial charge in [-0.2, -0.15) is 0 Å². The van der Waals surface area contributed by atoms with E-state index in [9.17, 15) is 5.11 Å². The molecule has 0 unspecified atom stereocenters. The Labute approximate surface area is 140 Å². The average molecular weight is 322 g/mol. The summed E-state index contributed by atoms with van der Waals surface area (Å²) in [5.41, 5.74) is 5.11. The second kappa shape index (κ2) is 6.67. The topological polar surface area (TPSA) is 32.6 Å².